The van der Waals surface area contributed by atoms with E-state index in [1.54, 1.807) is 0 Å². The average molecular weight is 246 g/mol. The van der Waals surface area contributed by atoms with E-state index in [9.17, 15) is 0 Å². The van der Waals surface area contributed by atoms with Crippen LogP contribution in [0.4, 0.5) is 0 Å². The molecule has 66 valence electrons. The maximum atomic E-state index is 4.11. The lowest BCUT2D eigenvalue weighted by Crippen LogP contribution is -2.15. The summed E-state index contributed by atoms with van der Waals surface area (Å²) in [5.41, 5.74) is 1.31. The van der Waals surface area contributed by atoms with Crippen molar-refractivity contribution in [1.82, 2.24) is 5.32 Å². The molecular formula is C9H12BrNS. The third-order valence-corrected chi connectivity index (χ3v) is 2.28. The number of benzene rings is 1. The summed E-state index contributed by atoms with van der Waals surface area (Å²) in [6, 6.07) is 8.32. The Kier molecular flexibility index (Phi) is 4.73. The summed E-state index contributed by atoms with van der Waals surface area (Å²) in [6.45, 7) is 1.88. The first-order chi connectivity index (χ1) is 5.83. The fourth-order valence-electron chi connectivity index (χ4n) is 0.914. The topological polar surface area (TPSA) is 12.0 Å². The Morgan fingerprint density at radius 2 is 1.92 bits per heavy atom. The van der Waals surface area contributed by atoms with Crippen molar-refractivity contribution >= 4 is 28.6 Å². The molecule has 0 heterocycles. The zero-order chi connectivity index (χ0) is 8.81. The van der Waals surface area contributed by atoms with E-state index in [2.05, 4.69) is 58.1 Å². The Morgan fingerprint density at radius 1 is 1.25 bits per heavy atom. The van der Waals surface area contributed by atoms with Crippen LogP contribution < -0.4 is 5.32 Å². The highest BCUT2D eigenvalue weighted by Crippen LogP contribution is 2.09. The van der Waals surface area contributed by atoms with E-state index in [4.69, 9.17) is 0 Å². The molecule has 0 unspecified atom stereocenters. The second-order valence-electron chi connectivity index (χ2n) is 2.53. The van der Waals surface area contributed by atoms with Crippen molar-refractivity contribution in [2.45, 2.75) is 6.54 Å². The van der Waals surface area contributed by atoms with E-state index in [0.717, 1.165) is 23.3 Å². The summed E-state index contributed by atoms with van der Waals surface area (Å²) in [4.78, 5) is 0. The second kappa shape index (κ2) is 5.62. The molecule has 1 aromatic rings. The molecular weight excluding hydrogens is 234 g/mol. The average Bonchev–Trinajstić information content (AvgIpc) is 2.09. The van der Waals surface area contributed by atoms with E-state index in [1.807, 2.05) is 0 Å². The molecule has 0 aliphatic carbocycles. The minimum atomic E-state index is 0.885. The fourth-order valence-corrected chi connectivity index (χ4v) is 1.34. The molecule has 1 nitrogen and oxygen atoms in total. The molecule has 12 heavy (non-hydrogen) atoms. The summed E-state index contributed by atoms with van der Waals surface area (Å²) in [5, 5.41) is 3.28. The van der Waals surface area contributed by atoms with Crippen LogP contribution in [0, 0.1) is 0 Å². The van der Waals surface area contributed by atoms with Crippen LogP contribution in [0.3, 0.4) is 0 Å². The molecule has 0 aliphatic heterocycles. The van der Waals surface area contributed by atoms with Gasteiger partial charge >= 0.3 is 0 Å². The van der Waals surface area contributed by atoms with Crippen LogP contribution in [0.1, 0.15) is 5.56 Å². The first kappa shape index (κ1) is 10.1. The van der Waals surface area contributed by atoms with Crippen molar-refractivity contribution in [3.8, 4) is 0 Å². The van der Waals surface area contributed by atoms with Crippen LogP contribution in [0.25, 0.3) is 0 Å². The lowest BCUT2D eigenvalue weighted by Gasteiger charge is -2.02. The summed E-state index contributed by atoms with van der Waals surface area (Å²) in [6.07, 6.45) is 0. The quantitative estimate of drug-likeness (QED) is 0.614. The molecule has 0 amide bonds. The lowest BCUT2D eigenvalue weighted by atomic mass is 10.2. The van der Waals surface area contributed by atoms with Crippen molar-refractivity contribution < 1.29 is 0 Å². The maximum Gasteiger partial charge on any atom is 0.0205 e. The fraction of sp³-hybridized carbons (Fsp3) is 0.333. The first-order valence-electron chi connectivity index (χ1n) is 3.89. The Hall–Kier alpha value is 0.01000. The predicted molar refractivity (Wildman–Crippen MR) is 59.7 cm³/mol. The van der Waals surface area contributed by atoms with Crippen LogP contribution in [0.5, 0.6) is 0 Å². The molecule has 0 spiro atoms. The lowest BCUT2D eigenvalue weighted by molar-refractivity contribution is 0.733. The Bertz CT molecular complexity index is 222. The monoisotopic (exact) mass is 245 g/mol. The van der Waals surface area contributed by atoms with Gasteiger partial charge in [0.15, 0.2) is 0 Å². The predicted octanol–water partition coefficient (Wildman–Crippen LogP) is 2.47. The van der Waals surface area contributed by atoms with Gasteiger partial charge in [-0.2, -0.15) is 12.6 Å². The first-order valence-corrected chi connectivity index (χ1v) is 5.31. The molecule has 0 saturated carbocycles. The van der Waals surface area contributed by atoms with Crippen molar-refractivity contribution in [3.05, 3.63) is 34.3 Å². The van der Waals surface area contributed by atoms with E-state index in [-0.39, 0.29) is 0 Å². The van der Waals surface area contributed by atoms with Gasteiger partial charge in [-0.05, 0) is 17.7 Å². The summed E-state index contributed by atoms with van der Waals surface area (Å²) < 4.78 is 1.13. The molecule has 0 atom stereocenters. The highest BCUT2D eigenvalue weighted by atomic mass is 79.9. The van der Waals surface area contributed by atoms with Crippen molar-refractivity contribution in [2.24, 2.45) is 0 Å². The van der Waals surface area contributed by atoms with Crippen LogP contribution in [-0.4, -0.2) is 12.3 Å². The summed E-state index contributed by atoms with van der Waals surface area (Å²) in [7, 11) is 0. The molecule has 0 saturated heterocycles. The minimum Gasteiger partial charge on any atom is -0.312 e. The number of rotatable bonds is 4. The number of hydrogen-bond acceptors (Lipinski definition) is 2. The molecule has 0 aromatic heterocycles. The van der Waals surface area contributed by atoms with Crippen LogP contribution in [0.15, 0.2) is 28.7 Å². The highest BCUT2D eigenvalue weighted by molar-refractivity contribution is 9.10. The van der Waals surface area contributed by atoms with Crippen LogP contribution in [0.2, 0.25) is 0 Å². The van der Waals surface area contributed by atoms with Gasteiger partial charge in [-0.1, -0.05) is 28.1 Å². The van der Waals surface area contributed by atoms with Crippen molar-refractivity contribution in [2.75, 3.05) is 12.3 Å². The van der Waals surface area contributed by atoms with Gasteiger partial charge in [0, 0.05) is 23.3 Å². The highest BCUT2D eigenvalue weighted by Gasteiger charge is 1.90. The summed E-state index contributed by atoms with van der Waals surface area (Å²) in [5.74, 6) is 0.885. The number of halogens is 1. The Morgan fingerprint density at radius 3 is 2.50 bits per heavy atom. The number of hydrogen-bond donors (Lipinski definition) is 2. The second-order valence-corrected chi connectivity index (χ2v) is 3.89. The van der Waals surface area contributed by atoms with Gasteiger partial charge in [0.1, 0.15) is 0 Å². The summed E-state index contributed by atoms with van der Waals surface area (Å²) >= 11 is 7.51. The van der Waals surface area contributed by atoms with Gasteiger partial charge in [-0.25, -0.2) is 0 Å². The SMILES string of the molecule is SCCNCc1ccc(Br)cc1. The molecule has 1 rings (SSSR count). The molecule has 0 radical (unpaired) electrons. The standard InChI is InChI=1S/C9H12BrNS/c10-9-3-1-8(2-4-9)7-11-5-6-12/h1-4,11-12H,5-7H2. The smallest absolute Gasteiger partial charge is 0.0205 e. The van der Waals surface area contributed by atoms with Gasteiger partial charge < -0.3 is 5.32 Å². The Labute approximate surface area is 87.1 Å². The van der Waals surface area contributed by atoms with E-state index in [0.29, 0.717) is 0 Å². The zero-order valence-corrected chi connectivity index (χ0v) is 9.24. The third kappa shape index (κ3) is 3.61. The van der Waals surface area contributed by atoms with Crippen molar-refractivity contribution in [1.29, 1.82) is 0 Å². The van der Waals surface area contributed by atoms with Crippen LogP contribution in [-0.2, 0) is 6.54 Å². The molecule has 1 N–H and O–H groups in total. The van der Waals surface area contributed by atoms with Crippen molar-refractivity contribution in [3.63, 3.8) is 0 Å². The zero-order valence-electron chi connectivity index (χ0n) is 6.76. The van der Waals surface area contributed by atoms with Gasteiger partial charge in [0.25, 0.3) is 0 Å². The molecule has 1 aromatic carbocycles. The van der Waals surface area contributed by atoms with Gasteiger partial charge in [-0.15, -0.1) is 0 Å². The molecule has 0 bridgehead atoms. The molecule has 0 aliphatic rings. The third-order valence-electron chi connectivity index (χ3n) is 1.53. The number of thiol groups is 1. The largest absolute Gasteiger partial charge is 0.312 e. The Balaban J connectivity index is 2.37. The molecule has 0 fully saturated rings. The van der Waals surface area contributed by atoms with E-state index < -0.39 is 0 Å². The number of nitrogens with one attached hydrogen (secondary N) is 1. The van der Waals surface area contributed by atoms with E-state index in [1.165, 1.54) is 5.56 Å². The van der Waals surface area contributed by atoms with Gasteiger partial charge in [0.2, 0.25) is 0 Å². The minimum absolute atomic E-state index is 0.885. The van der Waals surface area contributed by atoms with Gasteiger partial charge in [-0.3, -0.25) is 0 Å². The molecule has 3 heteroatoms. The van der Waals surface area contributed by atoms with E-state index >= 15 is 0 Å². The van der Waals surface area contributed by atoms with Gasteiger partial charge in [0.05, 0.1) is 0 Å². The normalized spacial score (nSPS) is 10.2. The maximum absolute atomic E-state index is 4.11. The van der Waals surface area contributed by atoms with Crippen LogP contribution >= 0.6 is 28.6 Å².